The Morgan fingerprint density at radius 2 is 2.30 bits per heavy atom. The fraction of sp³-hybridized carbons (Fsp3) is 0.588. The van der Waals surface area contributed by atoms with Crippen LogP contribution in [0.1, 0.15) is 36.4 Å². The molecule has 1 aliphatic heterocycles. The van der Waals surface area contributed by atoms with Crippen molar-refractivity contribution in [3.8, 4) is 0 Å². The summed E-state index contributed by atoms with van der Waals surface area (Å²) in [6.07, 6.45) is 3.68. The van der Waals surface area contributed by atoms with E-state index in [2.05, 4.69) is 5.32 Å². The molecule has 1 saturated heterocycles. The van der Waals surface area contributed by atoms with Gasteiger partial charge in [-0.25, -0.2) is 4.79 Å². The second kappa shape index (κ2) is 7.51. The first-order valence-corrected chi connectivity index (χ1v) is 8.62. The van der Waals surface area contributed by atoms with E-state index in [1.165, 1.54) is 0 Å². The standard InChI is InChI=1S/C17H23ClN2O3/c18-15-5-1-4-14-13(15)6-7-16(14)19-17(22)20-8-2-3-12(11-20)23-10-9-21/h1,4-5,12,16,21H,2-3,6-11H2,(H,19,22)/t12-,16+/m1/s1. The lowest BCUT2D eigenvalue weighted by Gasteiger charge is -2.33. The molecule has 0 spiro atoms. The lowest BCUT2D eigenvalue weighted by molar-refractivity contribution is -0.00600. The number of piperidine rings is 1. The molecule has 1 heterocycles. The number of nitrogens with zero attached hydrogens (tertiary/aromatic N) is 1. The van der Waals surface area contributed by atoms with Crippen LogP contribution in [0, 0.1) is 0 Å². The maximum Gasteiger partial charge on any atom is 0.317 e. The number of urea groups is 1. The quantitative estimate of drug-likeness (QED) is 0.886. The zero-order valence-electron chi connectivity index (χ0n) is 13.1. The van der Waals surface area contributed by atoms with Gasteiger partial charge in [-0.05, 0) is 42.9 Å². The number of ether oxygens (including phenoxy) is 1. The van der Waals surface area contributed by atoms with Crippen LogP contribution >= 0.6 is 11.6 Å². The molecular formula is C17H23ClN2O3. The number of benzene rings is 1. The molecule has 1 aliphatic carbocycles. The van der Waals surface area contributed by atoms with Gasteiger partial charge in [0.05, 0.1) is 25.4 Å². The van der Waals surface area contributed by atoms with Gasteiger partial charge in [-0.1, -0.05) is 23.7 Å². The van der Waals surface area contributed by atoms with Crippen molar-refractivity contribution < 1.29 is 14.6 Å². The number of hydrogen-bond donors (Lipinski definition) is 2. The largest absolute Gasteiger partial charge is 0.394 e. The third kappa shape index (κ3) is 3.79. The Labute approximate surface area is 141 Å². The van der Waals surface area contributed by atoms with E-state index >= 15 is 0 Å². The van der Waals surface area contributed by atoms with E-state index in [0.29, 0.717) is 13.2 Å². The van der Waals surface area contributed by atoms with Crippen molar-refractivity contribution in [1.82, 2.24) is 10.2 Å². The fourth-order valence-corrected chi connectivity index (χ4v) is 3.75. The van der Waals surface area contributed by atoms with Crippen LogP contribution in [-0.2, 0) is 11.2 Å². The van der Waals surface area contributed by atoms with E-state index < -0.39 is 0 Å². The normalized spacial score (nSPS) is 23.7. The summed E-state index contributed by atoms with van der Waals surface area (Å²) in [5.74, 6) is 0. The minimum atomic E-state index is -0.0416. The fourth-order valence-electron chi connectivity index (χ4n) is 3.48. The molecule has 0 aromatic heterocycles. The summed E-state index contributed by atoms with van der Waals surface area (Å²) in [7, 11) is 0. The number of amides is 2. The summed E-state index contributed by atoms with van der Waals surface area (Å²) in [5.41, 5.74) is 2.29. The van der Waals surface area contributed by atoms with E-state index in [1.807, 2.05) is 23.1 Å². The molecule has 1 aromatic carbocycles. The molecule has 0 saturated carbocycles. The highest BCUT2D eigenvalue weighted by atomic mass is 35.5. The number of rotatable bonds is 4. The van der Waals surface area contributed by atoms with E-state index in [4.69, 9.17) is 21.4 Å². The van der Waals surface area contributed by atoms with Crippen molar-refractivity contribution in [3.63, 3.8) is 0 Å². The van der Waals surface area contributed by atoms with E-state index in [0.717, 1.165) is 48.4 Å². The predicted octanol–water partition coefficient (Wildman–Crippen LogP) is 2.51. The summed E-state index contributed by atoms with van der Waals surface area (Å²) in [6, 6.07) is 5.88. The van der Waals surface area contributed by atoms with Gasteiger partial charge in [-0.15, -0.1) is 0 Å². The Kier molecular flexibility index (Phi) is 5.41. The highest BCUT2D eigenvalue weighted by Crippen LogP contribution is 2.35. The zero-order valence-corrected chi connectivity index (χ0v) is 13.9. The van der Waals surface area contributed by atoms with Gasteiger partial charge < -0.3 is 20.1 Å². The SMILES string of the molecule is O=C(N[C@H]1CCc2c(Cl)cccc21)N1CCC[C@@H](OCCO)C1. The Balaban J connectivity index is 1.59. The summed E-state index contributed by atoms with van der Waals surface area (Å²) in [4.78, 5) is 14.4. The predicted molar refractivity (Wildman–Crippen MR) is 88.7 cm³/mol. The summed E-state index contributed by atoms with van der Waals surface area (Å²) < 4.78 is 5.57. The number of fused-ring (bicyclic) bond motifs is 1. The molecule has 2 aliphatic rings. The van der Waals surface area contributed by atoms with Crippen molar-refractivity contribution in [2.24, 2.45) is 0 Å². The van der Waals surface area contributed by atoms with Gasteiger partial charge in [0.2, 0.25) is 0 Å². The van der Waals surface area contributed by atoms with Gasteiger partial charge in [0.1, 0.15) is 0 Å². The van der Waals surface area contributed by atoms with Gasteiger partial charge in [0, 0.05) is 18.1 Å². The van der Waals surface area contributed by atoms with Crippen molar-refractivity contribution in [3.05, 3.63) is 34.3 Å². The Hall–Kier alpha value is -1.30. The number of likely N-dealkylation sites (tertiary alicyclic amines) is 1. The number of halogens is 1. The molecule has 1 aromatic rings. The number of aliphatic hydroxyl groups is 1. The third-order valence-corrected chi connectivity index (χ3v) is 4.98. The van der Waals surface area contributed by atoms with Crippen LogP contribution in [0.3, 0.4) is 0 Å². The second-order valence-corrected chi connectivity index (χ2v) is 6.56. The molecule has 2 atom stereocenters. The Morgan fingerprint density at radius 1 is 1.43 bits per heavy atom. The van der Waals surface area contributed by atoms with E-state index in [1.54, 1.807) is 0 Å². The van der Waals surface area contributed by atoms with Gasteiger partial charge in [0.25, 0.3) is 0 Å². The first-order chi connectivity index (χ1) is 11.2. The summed E-state index contributed by atoms with van der Waals surface area (Å²) in [5, 5.41) is 12.8. The molecule has 2 N–H and O–H groups in total. The van der Waals surface area contributed by atoms with Crippen molar-refractivity contribution >= 4 is 17.6 Å². The molecule has 126 valence electrons. The summed E-state index contributed by atoms with van der Waals surface area (Å²) >= 11 is 6.23. The van der Waals surface area contributed by atoms with Gasteiger partial charge in [0.15, 0.2) is 0 Å². The number of aliphatic hydroxyl groups excluding tert-OH is 1. The minimum Gasteiger partial charge on any atom is -0.394 e. The van der Waals surface area contributed by atoms with E-state index in [9.17, 15) is 4.79 Å². The number of hydrogen-bond acceptors (Lipinski definition) is 3. The first kappa shape index (κ1) is 16.6. The van der Waals surface area contributed by atoms with Gasteiger partial charge >= 0.3 is 6.03 Å². The smallest absolute Gasteiger partial charge is 0.317 e. The Bertz CT molecular complexity index is 567. The van der Waals surface area contributed by atoms with Crippen LogP contribution in [0.5, 0.6) is 0 Å². The van der Waals surface area contributed by atoms with Gasteiger partial charge in [-0.2, -0.15) is 0 Å². The van der Waals surface area contributed by atoms with Crippen LogP contribution in [0.15, 0.2) is 18.2 Å². The molecule has 0 radical (unpaired) electrons. The maximum atomic E-state index is 12.5. The van der Waals surface area contributed by atoms with Crippen LogP contribution < -0.4 is 5.32 Å². The highest BCUT2D eigenvalue weighted by molar-refractivity contribution is 6.31. The Morgan fingerprint density at radius 3 is 3.13 bits per heavy atom. The third-order valence-electron chi connectivity index (χ3n) is 4.62. The average molecular weight is 339 g/mol. The maximum absolute atomic E-state index is 12.5. The van der Waals surface area contributed by atoms with Crippen LogP contribution in [0.25, 0.3) is 0 Å². The second-order valence-electron chi connectivity index (χ2n) is 6.15. The van der Waals surface area contributed by atoms with E-state index in [-0.39, 0.29) is 24.8 Å². The van der Waals surface area contributed by atoms with Crippen LogP contribution in [-0.4, -0.2) is 48.4 Å². The van der Waals surface area contributed by atoms with Crippen LogP contribution in [0.4, 0.5) is 4.79 Å². The average Bonchev–Trinajstić information content (AvgIpc) is 2.97. The molecule has 3 rings (SSSR count). The lowest BCUT2D eigenvalue weighted by atomic mass is 10.1. The summed E-state index contributed by atoms with van der Waals surface area (Å²) in [6.45, 7) is 1.68. The zero-order chi connectivity index (χ0) is 16.2. The molecule has 6 heteroatoms. The molecule has 23 heavy (non-hydrogen) atoms. The number of nitrogens with one attached hydrogen (secondary N) is 1. The van der Waals surface area contributed by atoms with Gasteiger partial charge in [-0.3, -0.25) is 0 Å². The molecule has 1 fully saturated rings. The highest BCUT2D eigenvalue weighted by Gasteiger charge is 2.29. The van der Waals surface area contributed by atoms with Crippen molar-refractivity contribution in [2.75, 3.05) is 26.3 Å². The lowest BCUT2D eigenvalue weighted by Crippen LogP contribution is -2.48. The van der Waals surface area contributed by atoms with Crippen LogP contribution in [0.2, 0.25) is 5.02 Å². The first-order valence-electron chi connectivity index (χ1n) is 8.24. The number of carbonyl (C=O) groups is 1. The molecule has 2 amide bonds. The molecule has 5 nitrogen and oxygen atoms in total. The van der Waals surface area contributed by atoms with Crippen molar-refractivity contribution in [2.45, 2.75) is 37.8 Å². The van der Waals surface area contributed by atoms with Crippen molar-refractivity contribution in [1.29, 1.82) is 0 Å². The number of carbonyl (C=O) groups excluding carboxylic acids is 1. The molecule has 0 unspecified atom stereocenters. The molecule has 0 bridgehead atoms. The minimum absolute atomic E-state index is 0.0162. The monoisotopic (exact) mass is 338 g/mol. The topological polar surface area (TPSA) is 61.8 Å². The molecular weight excluding hydrogens is 316 g/mol.